The van der Waals surface area contributed by atoms with Gasteiger partial charge >= 0.3 is 0 Å². The molecule has 5 nitrogen and oxygen atoms in total. The fraction of sp³-hybridized carbons (Fsp3) is 0.600. The molecule has 0 aromatic rings. The summed E-state index contributed by atoms with van der Waals surface area (Å²) in [4.78, 5) is 12.2. The number of hydrogen-bond donors (Lipinski definition) is 3. The Bertz CT molecular complexity index is 170. The van der Waals surface area contributed by atoms with E-state index in [1.807, 2.05) is 0 Å². The monoisotopic (exact) mass is 178 g/mol. The SMILES string of the molecule is Cl.N=C(N)N1CCNC(=O)C1. The topological polar surface area (TPSA) is 82.2 Å². The molecule has 1 saturated heterocycles. The Kier molecular flexibility index (Phi) is 3.67. The van der Waals surface area contributed by atoms with Crippen molar-refractivity contribution in [1.82, 2.24) is 10.2 Å². The zero-order valence-corrected chi connectivity index (χ0v) is 6.78. The minimum Gasteiger partial charge on any atom is -0.370 e. The zero-order chi connectivity index (χ0) is 7.56. The second-order valence-electron chi connectivity index (χ2n) is 2.16. The summed E-state index contributed by atoms with van der Waals surface area (Å²) in [6, 6.07) is 0. The van der Waals surface area contributed by atoms with Gasteiger partial charge < -0.3 is 16.0 Å². The van der Waals surface area contributed by atoms with Gasteiger partial charge in [-0.1, -0.05) is 0 Å². The number of nitrogens with zero attached hydrogens (tertiary/aromatic N) is 1. The maximum absolute atomic E-state index is 10.7. The summed E-state index contributed by atoms with van der Waals surface area (Å²) < 4.78 is 0. The average molecular weight is 179 g/mol. The van der Waals surface area contributed by atoms with E-state index in [0.717, 1.165) is 0 Å². The molecule has 0 saturated carbocycles. The van der Waals surface area contributed by atoms with Crippen molar-refractivity contribution >= 4 is 24.3 Å². The Morgan fingerprint density at radius 2 is 2.36 bits per heavy atom. The molecule has 0 aromatic carbocycles. The van der Waals surface area contributed by atoms with Gasteiger partial charge in [0.15, 0.2) is 5.96 Å². The number of hydrogen-bond acceptors (Lipinski definition) is 2. The summed E-state index contributed by atoms with van der Waals surface area (Å²) >= 11 is 0. The third kappa shape index (κ3) is 2.63. The second-order valence-corrected chi connectivity index (χ2v) is 2.16. The van der Waals surface area contributed by atoms with Crippen molar-refractivity contribution in [3.63, 3.8) is 0 Å². The van der Waals surface area contributed by atoms with Crippen LogP contribution in [0.1, 0.15) is 0 Å². The molecule has 6 heteroatoms. The summed E-state index contributed by atoms with van der Waals surface area (Å²) in [5, 5.41) is 9.64. The molecule has 0 aliphatic carbocycles. The van der Waals surface area contributed by atoms with Gasteiger partial charge in [0, 0.05) is 13.1 Å². The summed E-state index contributed by atoms with van der Waals surface area (Å²) in [6.45, 7) is 1.44. The molecule has 64 valence electrons. The molecule has 1 aliphatic heterocycles. The van der Waals surface area contributed by atoms with Gasteiger partial charge in [0.1, 0.15) is 0 Å². The normalized spacial score (nSPS) is 16.7. The Hall–Kier alpha value is -0.970. The van der Waals surface area contributed by atoms with Crippen molar-refractivity contribution < 1.29 is 4.79 Å². The number of halogens is 1. The molecule has 0 aromatic heterocycles. The van der Waals surface area contributed by atoms with E-state index in [1.165, 1.54) is 4.90 Å². The second kappa shape index (κ2) is 4.02. The number of nitrogens with one attached hydrogen (secondary N) is 2. The van der Waals surface area contributed by atoms with Crippen LogP contribution in [0.2, 0.25) is 0 Å². The van der Waals surface area contributed by atoms with Crippen LogP contribution in [0.5, 0.6) is 0 Å². The van der Waals surface area contributed by atoms with E-state index in [9.17, 15) is 4.79 Å². The van der Waals surface area contributed by atoms with Gasteiger partial charge in [-0.25, -0.2) is 0 Å². The third-order valence-electron chi connectivity index (χ3n) is 1.38. The van der Waals surface area contributed by atoms with E-state index in [0.29, 0.717) is 13.1 Å². The lowest BCUT2D eigenvalue weighted by Crippen LogP contribution is -2.51. The molecule has 1 amide bonds. The molecule has 1 aliphatic rings. The Labute approximate surface area is 70.8 Å². The maximum Gasteiger partial charge on any atom is 0.239 e. The van der Waals surface area contributed by atoms with Gasteiger partial charge in [0.05, 0.1) is 6.54 Å². The number of rotatable bonds is 0. The highest BCUT2D eigenvalue weighted by Crippen LogP contribution is 1.89. The lowest BCUT2D eigenvalue weighted by atomic mass is 10.4. The summed E-state index contributed by atoms with van der Waals surface area (Å²) in [5.74, 6) is -0.101. The number of amides is 1. The van der Waals surface area contributed by atoms with E-state index in [4.69, 9.17) is 11.1 Å². The predicted octanol–water partition coefficient (Wildman–Crippen LogP) is -1.27. The van der Waals surface area contributed by atoms with Crippen LogP contribution >= 0.6 is 12.4 Å². The van der Waals surface area contributed by atoms with Crippen molar-refractivity contribution in [1.29, 1.82) is 5.41 Å². The minimum atomic E-state index is -0.0681. The average Bonchev–Trinajstić information content (AvgIpc) is 1.88. The molecular formula is C5H11ClN4O. The van der Waals surface area contributed by atoms with Crippen LogP contribution in [-0.2, 0) is 4.79 Å². The number of piperazine rings is 1. The minimum absolute atomic E-state index is 0. The molecular weight excluding hydrogens is 168 g/mol. The summed E-state index contributed by atoms with van der Waals surface area (Å²) in [6.07, 6.45) is 0. The van der Waals surface area contributed by atoms with Crippen molar-refractivity contribution in [2.75, 3.05) is 19.6 Å². The van der Waals surface area contributed by atoms with Gasteiger partial charge in [0.25, 0.3) is 0 Å². The van der Waals surface area contributed by atoms with Crippen LogP contribution in [-0.4, -0.2) is 36.4 Å². The van der Waals surface area contributed by atoms with Gasteiger partial charge in [0.2, 0.25) is 5.91 Å². The van der Waals surface area contributed by atoms with Crippen LogP contribution in [0.15, 0.2) is 0 Å². The lowest BCUT2D eigenvalue weighted by Gasteiger charge is -2.26. The Morgan fingerprint density at radius 3 is 2.73 bits per heavy atom. The summed E-state index contributed by atoms with van der Waals surface area (Å²) in [5.41, 5.74) is 5.16. The van der Waals surface area contributed by atoms with Gasteiger partial charge in [-0.3, -0.25) is 10.2 Å². The molecule has 1 fully saturated rings. The van der Waals surface area contributed by atoms with Gasteiger partial charge in [-0.2, -0.15) is 0 Å². The molecule has 0 radical (unpaired) electrons. The largest absolute Gasteiger partial charge is 0.370 e. The Morgan fingerprint density at radius 1 is 1.73 bits per heavy atom. The molecule has 4 N–H and O–H groups in total. The maximum atomic E-state index is 10.7. The van der Waals surface area contributed by atoms with Crippen LogP contribution in [0.3, 0.4) is 0 Å². The summed E-state index contributed by atoms with van der Waals surface area (Å²) in [7, 11) is 0. The number of carbonyl (C=O) groups is 1. The Balaban J connectivity index is 0.000001000. The smallest absolute Gasteiger partial charge is 0.239 e. The van der Waals surface area contributed by atoms with Crippen LogP contribution < -0.4 is 11.1 Å². The standard InChI is InChI=1S/C5H10N4O.ClH/c6-5(7)9-2-1-8-4(10)3-9;/h1-3H2,(H3,6,7)(H,8,10);1H. The molecule has 1 rings (SSSR count). The number of nitrogens with two attached hydrogens (primary N) is 1. The highest BCUT2D eigenvalue weighted by molar-refractivity contribution is 5.85. The van der Waals surface area contributed by atoms with E-state index < -0.39 is 0 Å². The first kappa shape index (κ1) is 10.0. The molecule has 0 unspecified atom stereocenters. The zero-order valence-electron chi connectivity index (χ0n) is 5.96. The van der Waals surface area contributed by atoms with E-state index in [-0.39, 0.29) is 30.8 Å². The first-order chi connectivity index (χ1) is 4.70. The fourth-order valence-corrected chi connectivity index (χ4v) is 0.844. The highest BCUT2D eigenvalue weighted by atomic mass is 35.5. The molecule has 1 heterocycles. The van der Waals surface area contributed by atoms with Gasteiger partial charge in [-0.15, -0.1) is 12.4 Å². The van der Waals surface area contributed by atoms with E-state index in [1.54, 1.807) is 0 Å². The first-order valence-corrected chi connectivity index (χ1v) is 3.06. The van der Waals surface area contributed by atoms with E-state index in [2.05, 4.69) is 5.32 Å². The lowest BCUT2D eigenvalue weighted by molar-refractivity contribution is -0.122. The van der Waals surface area contributed by atoms with E-state index >= 15 is 0 Å². The van der Waals surface area contributed by atoms with Crippen LogP contribution in [0.4, 0.5) is 0 Å². The van der Waals surface area contributed by atoms with Crippen LogP contribution in [0.25, 0.3) is 0 Å². The molecule has 0 spiro atoms. The van der Waals surface area contributed by atoms with Crippen molar-refractivity contribution in [2.24, 2.45) is 5.73 Å². The molecule has 0 bridgehead atoms. The van der Waals surface area contributed by atoms with Crippen molar-refractivity contribution in [3.8, 4) is 0 Å². The van der Waals surface area contributed by atoms with Gasteiger partial charge in [-0.05, 0) is 0 Å². The highest BCUT2D eigenvalue weighted by Gasteiger charge is 2.15. The predicted molar refractivity (Wildman–Crippen MR) is 43.7 cm³/mol. The first-order valence-electron chi connectivity index (χ1n) is 3.06. The quantitative estimate of drug-likeness (QED) is 0.320. The van der Waals surface area contributed by atoms with Crippen molar-refractivity contribution in [3.05, 3.63) is 0 Å². The molecule has 0 atom stereocenters. The van der Waals surface area contributed by atoms with Crippen molar-refractivity contribution in [2.45, 2.75) is 0 Å². The third-order valence-corrected chi connectivity index (χ3v) is 1.38. The number of carbonyl (C=O) groups excluding carboxylic acids is 1. The molecule has 11 heavy (non-hydrogen) atoms. The number of guanidine groups is 1. The van der Waals surface area contributed by atoms with Crippen LogP contribution in [0, 0.1) is 5.41 Å². The fourth-order valence-electron chi connectivity index (χ4n) is 0.844.